The number of ether oxygens (including phenoxy) is 2. The van der Waals surface area contributed by atoms with E-state index in [4.69, 9.17) is 9.47 Å². The van der Waals surface area contributed by atoms with Crippen LogP contribution in [0.3, 0.4) is 0 Å². The minimum absolute atomic E-state index is 0.189. The van der Waals surface area contributed by atoms with Crippen molar-refractivity contribution in [1.82, 2.24) is 0 Å². The van der Waals surface area contributed by atoms with Gasteiger partial charge in [-0.25, -0.2) is 8.42 Å². The molecule has 2 aromatic carbocycles. The van der Waals surface area contributed by atoms with Crippen LogP contribution in [0.5, 0.6) is 11.5 Å². The molecule has 0 amide bonds. The van der Waals surface area contributed by atoms with E-state index in [0.717, 1.165) is 5.56 Å². The van der Waals surface area contributed by atoms with Gasteiger partial charge in [-0.2, -0.15) is 0 Å². The van der Waals surface area contributed by atoms with Gasteiger partial charge in [0.2, 0.25) is 0 Å². The van der Waals surface area contributed by atoms with Gasteiger partial charge >= 0.3 is 0 Å². The van der Waals surface area contributed by atoms with Crippen LogP contribution in [0.25, 0.3) is 11.1 Å². The lowest BCUT2D eigenvalue weighted by Gasteiger charge is -2.22. The number of fused-ring (bicyclic) bond motifs is 3. The highest BCUT2D eigenvalue weighted by Gasteiger charge is 2.29. The summed E-state index contributed by atoms with van der Waals surface area (Å²) in [6.45, 7) is 0. The molecule has 0 fully saturated rings. The van der Waals surface area contributed by atoms with E-state index < -0.39 is 10.0 Å². The highest BCUT2D eigenvalue weighted by atomic mass is 32.2. The summed E-state index contributed by atoms with van der Waals surface area (Å²) in [6.07, 6.45) is 0. The second-order valence-electron chi connectivity index (χ2n) is 4.35. The molecule has 0 aliphatic carbocycles. The first-order valence-electron chi connectivity index (χ1n) is 5.95. The Bertz CT molecular complexity index is 784. The average Bonchev–Trinajstić information content (AvgIpc) is 2.45. The van der Waals surface area contributed by atoms with E-state index in [1.807, 2.05) is 12.1 Å². The lowest BCUT2D eigenvalue weighted by atomic mass is 10.0. The molecule has 0 saturated heterocycles. The molecule has 3 rings (SSSR count). The molecule has 2 aromatic rings. The molecular formula is C14H13NO4S. The van der Waals surface area contributed by atoms with Crippen LogP contribution in [0.15, 0.2) is 41.3 Å². The van der Waals surface area contributed by atoms with E-state index >= 15 is 0 Å². The van der Waals surface area contributed by atoms with Crippen LogP contribution in [0.4, 0.5) is 5.69 Å². The maximum atomic E-state index is 12.3. The van der Waals surface area contributed by atoms with Gasteiger partial charge in [0.15, 0.2) is 11.5 Å². The van der Waals surface area contributed by atoms with Crippen molar-refractivity contribution in [2.24, 2.45) is 0 Å². The van der Waals surface area contributed by atoms with E-state index in [0.29, 0.717) is 22.7 Å². The number of sulfonamides is 1. The fraction of sp³-hybridized carbons (Fsp3) is 0.143. The van der Waals surface area contributed by atoms with Crippen LogP contribution >= 0.6 is 0 Å². The summed E-state index contributed by atoms with van der Waals surface area (Å²) < 4.78 is 37.6. The van der Waals surface area contributed by atoms with Crippen molar-refractivity contribution in [2.45, 2.75) is 4.90 Å². The van der Waals surface area contributed by atoms with Gasteiger partial charge in [0.25, 0.3) is 10.0 Å². The lowest BCUT2D eigenvalue weighted by Crippen LogP contribution is -2.19. The smallest absolute Gasteiger partial charge is 0.262 e. The zero-order valence-electron chi connectivity index (χ0n) is 11.0. The number of methoxy groups -OCH3 is 2. The summed E-state index contributed by atoms with van der Waals surface area (Å²) in [5.74, 6) is 0.883. The van der Waals surface area contributed by atoms with Crippen LogP contribution in [0.2, 0.25) is 0 Å². The summed E-state index contributed by atoms with van der Waals surface area (Å²) in [4.78, 5) is 0.189. The Hall–Kier alpha value is -2.21. The van der Waals surface area contributed by atoms with E-state index in [-0.39, 0.29) is 4.90 Å². The standard InChI is InChI=1S/C14H13NO4S/c1-18-12-7-10-9-5-3-4-6-11(9)15-20(16,17)14(10)8-13(12)19-2/h3-8,15H,1-2H3. The van der Waals surface area contributed by atoms with Gasteiger partial charge in [0.05, 0.1) is 24.8 Å². The van der Waals surface area contributed by atoms with Gasteiger partial charge in [-0.15, -0.1) is 0 Å². The predicted molar refractivity (Wildman–Crippen MR) is 75.8 cm³/mol. The zero-order valence-corrected chi connectivity index (χ0v) is 11.8. The molecule has 20 heavy (non-hydrogen) atoms. The number of para-hydroxylation sites is 1. The van der Waals surface area contributed by atoms with Crippen LogP contribution in [-0.4, -0.2) is 22.6 Å². The van der Waals surface area contributed by atoms with E-state index in [1.54, 1.807) is 18.2 Å². The molecule has 5 nitrogen and oxygen atoms in total. The Balaban J connectivity index is 2.37. The fourth-order valence-electron chi connectivity index (χ4n) is 2.30. The van der Waals surface area contributed by atoms with Crippen LogP contribution in [0, 0.1) is 0 Å². The summed E-state index contributed by atoms with van der Waals surface area (Å²) in [5, 5.41) is 0. The molecule has 0 unspecified atom stereocenters. The molecule has 1 N–H and O–H groups in total. The Morgan fingerprint density at radius 3 is 2.30 bits per heavy atom. The van der Waals surface area contributed by atoms with Gasteiger partial charge in [-0.3, -0.25) is 4.72 Å². The van der Waals surface area contributed by atoms with Gasteiger partial charge in [0, 0.05) is 17.2 Å². The second kappa shape index (κ2) is 4.42. The molecule has 0 saturated carbocycles. The Kier molecular flexibility index (Phi) is 2.83. The third kappa shape index (κ3) is 1.80. The number of rotatable bonds is 2. The largest absolute Gasteiger partial charge is 0.493 e. The number of hydrogen-bond donors (Lipinski definition) is 1. The van der Waals surface area contributed by atoms with Crippen LogP contribution in [-0.2, 0) is 10.0 Å². The summed E-state index contributed by atoms with van der Waals surface area (Å²) in [6, 6.07) is 10.4. The first-order chi connectivity index (χ1) is 9.56. The van der Waals surface area contributed by atoms with Crippen molar-refractivity contribution in [1.29, 1.82) is 0 Å². The Morgan fingerprint density at radius 1 is 0.950 bits per heavy atom. The number of nitrogens with one attached hydrogen (secondary N) is 1. The van der Waals surface area contributed by atoms with Crippen molar-refractivity contribution in [2.75, 3.05) is 18.9 Å². The highest BCUT2D eigenvalue weighted by molar-refractivity contribution is 7.93. The quantitative estimate of drug-likeness (QED) is 0.923. The predicted octanol–water partition coefficient (Wildman–Crippen LogP) is 2.49. The van der Waals surface area contributed by atoms with Crippen molar-refractivity contribution >= 4 is 15.7 Å². The Morgan fingerprint density at radius 2 is 1.60 bits per heavy atom. The fourth-order valence-corrected chi connectivity index (χ4v) is 3.60. The van der Waals surface area contributed by atoms with Crippen LogP contribution < -0.4 is 14.2 Å². The van der Waals surface area contributed by atoms with Gasteiger partial charge in [0.1, 0.15) is 0 Å². The summed E-state index contributed by atoms with van der Waals surface area (Å²) in [5.41, 5.74) is 1.99. The van der Waals surface area contributed by atoms with Crippen LogP contribution in [0.1, 0.15) is 0 Å². The van der Waals surface area contributed by atoms with Gasteiger partial charge in [-0.05, 0) is 12.1 Å². The van der Waals surface area contributed by atoms with E-state index in [2.05, 4.69) is 4.72 Å². The van der Waals surface area contributed by atoms with Gasteiger partial charge < -0.3 is 9.47 Å². The topological polar surface area (TPSA) is 64.6 Å². The molecule has 0 atom stereocenters. The molecule has 1 heterocycles. The summed E-state index contributed by atoms with van der Waals surface area (Å²) >= 11 is 0. The average molecular weight is 291 g/mol. The third-order valence-electron chi connectivity index (χ3n) is 3.24. The lowest BCUT2D eigenvalue weighted by molar-refractivity contribution is 0.354. The first-order valence-corrected chi connectivity index (χ1v) is 7.43. The van der Waals surface area contributed by atoms with Crippen molar-refractivity contribution in [3.05, 3.63) is 36.4 Å². The molecule has 6 heteroatoms. The molecule has 0 aromatic heterocycles. The Labute approximate surface area is 117 Å². The highest BCUT2D eigenvalue weighted by Crippen LogP contribution is 2.44. The molecule has 0 spiro atoms. The molecule has 1 aliphatic rings. The van der Waals surface area contributed by atoms with E-state index in [1.165, 1.54) is 20.3 Å². The number of anilines is 1. The van der Waals surface area contributed by atoms with E-state index in [9.17, 15) is 8.42 Å². The molecular weight excluding hydrogens is 278 g/mol. The minimum Gasteiger partial charge on any atom is -0.493 e. The maximum Gasteiger partial charge on any atom is 0.262 e. The number of benzene rings is 2. The zero-order chi connectivity index (χ0) is 14.3. The first kappa shape index (κ1) is 12.8. The maximum absolute atomic E-state index is 12.3. The SMILES string of the molecule is COc1cc2c(cc1OC)S(=O)(=O)Nc1ccccc1-2. The number of hydrogen-bond acceptors (Lipinski definition) is 4. The minimum atomic E-state index is -3.60. The van der Waals surface area contributed by atoms with Crippen molar-refractivity contribution in [3.63, 3.8) is 0 Å². The molecule has 0 bridgehead atoms. The normalized spacial score (nSPS) is 14.7. The van der Waals surface area contributed by atoms with Crippen molar-refractivity contribution < 1.29 is 17.9 Å². The molecule has 104 valence electrons. The third-order valence-corrected chi connectivity index (χ3v) is 4.64. The van der Waals surface area contributed by atoms with Gasteiger partial charge in [-0.1, -0.05) is 18.2 Å². The molecule has 0 radical (unpaired) electrons. The molecule has 1 aliphatic heterocycles. The monoisotopic (exact) mass is 291 g/mol. The second-order valence-corrected chi connectivity index (χ2v) is 6.01. The van der Waals surface area contributed by atoms with Crippen molar-refractivity contribution in [3.8, 4) is 22.6 Å². The summed E-state index contributed by atoms with van der Waals surface area (Å²) in [7, 11) is -0.606.